The van der Waals surface area contributed by atoms with Crippen LogP contribution in [0, 0.1) is 12.7 Å². The van der Waals surface area contributed by atoms with Crippen molar-refractivity contribution < 1.29 is 17.6 Å². The molecule has 1 heterocycles. The molecule has 6 nitrogen and oxygen atoms in total. The number of nitrogens with one attached hydrogen (secondary N) is 2. The number of carbonyl (C=O) groups excluding carboxylic acids is 1. The number of amides is 1. The lowest BCUT2D eigenvalue weighted by Crippen LogP contribution is -2.30. The second-order valence-corrected chi connectivity index (χ2v) is 8.80. The topological polar surface area (TPSA) is 88.2 Å². The van der Waals surface area contributed by atoms with Crippen molar-refractivity contribution in [2.45, 2.75) is 18.2 Å². The Labute approximate surface area is 154 Å². The Kier molecular flexibility index (Phi) is 5.19. The van der Waals surface area contributed by atoms with Crippen molar-refractivity contribution in [2.75, 3.05) is 11.2 Å². The molecule has 3 aromatic rings. The Hall–Kier alpha value is -2.52. The molecule has 0 bridgehead atoms. The summed E-state index contributed by atoms with van der Waals surface area (Å²) in [6.07, 6.45) is -0.206. The molecule has 26 heavy (non-hydrogen) atoms. The van der Waals surface area contributed by atoms with Gasteiger partial charge in [-0.3, -0.25) is 15.6 Å². The molecule has 136 valence electrons. The number of nitrogens with zero attached hydrogens (tertiary/aromatic N) is 1. The van der Waals surface area contributed by atoms with Crippen LogP contribution in [0.4, 0.5) is 9.52 Å². The van der Waals surface area contributed by atoms with E-state index in [1.54, 1.807) is 24.3 Å². The van der Waals surface area contributed by atoms with Gasteiger partial charge >= 0.3 is 0 Å². The van der Waals surface area contributed by atoms with Gasteiger partial charge in [0.1, 0.15) is 11.3 Å². The Morgan fingerprint density at radius 3 is 2.62 bits per heavy atom. The van der Waals surface area contributed by atoms with E-state index in [1.165, 1.54) is 29.5 Å². The van der Waals surface area contributed by atoms with Crippen LogP contribution in [0.1, 0.15) is 12.0 Å². The number of anilines is 1. The summed E-state index contributed by atoms with van der Waals surface area (Å²) < 4.78 is 38.7. The fourth-order valence-electron chi connectivity index (χ4n) is 2.24. The molecule has 0 aliphatic carbocycles. The number of hydrogen-bond acceptors (Lipinski definition) is 6. The molecule has 0 spiro atoms. The van der Waals surface area contributed by atoms with Crippen LogP contribution in [0.25, 0.3) is 10.2 Å². The molecule has 0 radical (unpaired) electrons. The van der Waals surface area contributed by atoms with Gasteiger partial charge < -0.3 is 0 Å². The average Bonchev–Trinajstić information content (AvgIpc) is 3.03. The first-order valence-electron chi connectivity index (χ1n) is 7.74. The lowest BCUT2D eigenvalue weighted by molar-refractivity contribution is -0.120. The summed E-state index contributed by atoms with van der Waals surface area (Å²) in [6.45, 7) is 1.86. The standard InChI is InChI=1S/C17H16FN3O3S2/c1-11-5-7-12(8-6-11)26(23,24)10-9-15(22)20-21-17-19-16-13(18)3-2-4-14(16)25-17/h2-8H,9-10H2,1H3,(H,19,21)(H,20,22). The van der Waals surface area contributed by atoms with Crippen molar-refractivity contribution in [1.82, 2.24) is 10.4 Å². The minimum Gasteiger partial charge on any atom is -0.273 e. The molecule has 0 atom stereocenters. The molecule has 0 aliphatic heterocycles. The van der Waals surface area contributed by atoms with Gasteiger partial charge in [0.25, 0.3) is 0 Å². The van der Waals surface area contributed by atoms with Crippen LogP contribution in [-0.2, 0) is 14.6 Å². The summed E-state index contributed by atoms with van der Waals surface area (Å²) in [7, 11) is -3.53. The highest BCUT2D eigenvalue weighted by molar-refractivity contribution is 7.91. The van der Waals surface area contributed by atoms with Gasteiger partial charge in [0.15, 0.2) is 9.84 Å². The maximum absolute atomic E-state index is 13.6. The third-order valence-corrected chi connectivity index (χ3v) is 6.32. The molecule has 2 aromatic carbocycles. The number of fused-ring (bicyclic) bond motifs is 1. The van der Waals surface area contributed by atoms with Crippen LogP contribution >= 0.6 is 11.3 Å². The Morgan fingerprint density at radius 1 is 1.19 bits per heavy atom. The molecule has 1 amide bonds. The number of para-hydroxylation sites is 1. The van der Waals surface area contributed by atoms with Crippen molar-refractivity contribution in [3.05, 3.63) is 53.8 Å². The summed E-state index contributed by atoms with van der Waals surface area (Å²) in [6, 6.07) is 11.1. The number of hydrogen-bond donors (Lipinski definition) is 2. The first kappa shape index (κ1) is 18.3. The zero-order valence-corrected chi connectivity index (χ0v) is 15.5. The van der Waals surface area contributed by atoms with Crippen molar-refractivity contribution in [3.8, 4) is 0 Å². The van der Waals surface area contributed by atoms with Gasteiger partial charge in [-0.25, -0.2) is 17.8 Å². The van der Waals surface area contributed by atoms with E-state index in [-0.39, 0.29) is 22.6 Å². The Morgan fingerprint density at radius 2 is 1.92 bits per heavy atom. The smallest absolute Gasteiger partial charge is 0.239 e. The molecule has 2 N–H and O–H groups in total. The van der Waals surface area contributed by atoms with E-state index < -0.39 is 21.6 Å². The van der Waals surface area contributed by atoms with Gasteiger partial charge in [-0.2, -0.15) is 0 Å². The Balaban J connectivity index is 1.56. The maximum atomic E-state index is 13.6. The molecular formula is C17H16FN3O3S2. The molecule has 1 aromatic heterocycles. The molecule has 9 heteroatoms. The number of sulfone groups is 1. The molecule has 3 rings (SSSR count). The monoisotopic (exact) mass is 393 g/mol. The van der Waals surface area contributed by atoms with E-state index in [0.717, 1.165) is 5.56 Å². The third kappa shape index (κ3) is 4.17. The average molecular weight is 393 g/mol. The van der Waals surface area contributed by atoms with Gasteiger partial charge in [-0.15, -0.1) is 0 Å². The molecule has 0 aliphatic rings. The summed E-state index contributed by atoms with van der Waals surface area (Å²) in [5.41, 5.74) is 6.15. The quantitative estimate of drug-likeness (QED) is 0.629. The minimum atomic E-state index is -3.53. The van der Waals surface area contributed by atoms with Crippen molar-refractivity contribution in [3.63, 3.8) is 0 Å². The Bertz CT molecular complexity index is 1050. The van der Waals surface area contributed by atoms with E-state index in [4.69, 9.17) is 0 Å². The number of hydrazine groups is 1. The van der Waals surface area contributed by atoms with Gasteiger partial charge in [-0.05, 0) is 31.2 Å². The van der Waals surface area contributed by atoms with Crippen molar-refractivity contribution in [1.29, 1.82) is 0 Å². The summed E-state index contributed by atoms with van der Waals surface area (Å²) >= 11 is 1.18. The number of rotatable bonds is 6. The molecular weight excluding hydrogens is 377 g/mol. The highest BCUT2D eigenvalue weighted by atomic mass is 32.2. The van der Waals surface area contributed by atoms with Crippen LogP contribution in [-0.4, -0.2) is 25.1 Å². The normalized spacial score (nSPS) is 11.5. The van der Waals surface area contributed by atoms with E-state index >= 15 is 0 Å². The van der Waals surface area contributed by atoms with Crippen LogP contribution < -0.4 is 10.9 Å². The third-order valence-electron chi connectivity index (χ3n) is 3.66. The second kappa shape index (κ2) is 7.38. The van der Waals surface area contributed by atoms with Gasteiger partial charge in [-0.1, -0.05) is 35.1 Å². The zero-order valence-electron chi connectivity index (χ0n) is 13.8. The first-order valence-corrected chi connectivity index (χ1v) is 10.2. The lowest BCUT2D eigenvalue weighted by atomic mass is 10.2. The van der Waals surface area contributed by atoms with Gasteiger partial charge in [0, 0.05) is 6.42 Å². The van der Waals surface area contributed by atoms with E-state index in [1.807, 2.05) is 6.92 Å². The summed E-state index contributed by atoms with van der Waals surface area (Å²) in [4.78, 5) is 16.1. The van der Waals surface area contributed by atoms with Gasteiger partial charge in [0.2, 0.25) is 11.0 Å². The highest BCUT2D eigenvalue weighted by Crippen LogP contribution is 2.26. The van der Waals surface area contributed by atoms with Crippen LogP contribution in [0.5, 0.6) is 0 Å². The number of aromatic nitrogens is 1. The van der Waals surface area contributed by atoms with Crippen LogP contribution in [0.2, 0.25) is 0 Å². The van der Waals surface area contributed by atoms with Crippen molar-refractivity contribution >= 4 is 42.4 Å². The fourth-order valence-corrected chi connectivity index (χ4v) is 4.32. The van der Waals surface area contributed by atoms with Crippen molar-refractivity contribution in [2.24, 2.45) is 0 Å². The molecule has 0 saturated carbocycles. The zero-order chi connectivity index (χ0) is 18.7. The predicted molar refractivity (Wildman–Crippen MR) is 99.2 cm³/mol. The van der Waals surface area contributed by atoms with E-state index in [2.05, 4.69) is 15.8 Å². The molecule has 0 saturated heterocycles. The maximum Gasteiger partial charge on any atom is 0.239 e. The lowest BCUT2D eigenvalue weighted by Gasteiger charge is -2.07. The molecule has 0 unspecified atom stereocenters. The number of halogens is 1. The van der Waals surface area contributed by atoms with Crippen LogP contribution in [0.3, 0.4) is 0 Å². The SMILES string of the molecule is Cc1ccc(S(=O)(=O)CCC(=O)NNc2nc3c(F)cccc3s2)cc1. The molecule has 0 fully saturated rings. The second-order valence-electron chi connectivity index (χ2n) is 5.66. The largest absolute Gasteiger partial charge is 0.273 e. The summed E-state index contributed by atoms with van der Waals surface area (Å²) in [5, 5.41) is 0.319. The fraction of sp³-hybridized carbons (Fsp3) is 0.176. The first-order chi connectivity index (χ1) is 12.3. The minimum absolute atomic E-state index is 0.186. The number of thiazole rings is 1. The summed E-state index contributed by atoms with van der Waals surface area (Å²) in [5.74, 6) is -1.25. The van der Waals surface area contributed by atoms with E-state index in [0.29, 0.717) is 9.83 Å². The number of aryl methyl sites for hydroxylation is 1. The van der Waals surface area contributed by atoms with Gasteiger partial charge in [0.05, 0.1) is 15.3 Å². The van der Waals surface area contributed by atoms with E-state index in [9.17, 15) is 17.6 Å². The number of carbonyl (C=O) groups is 1. The highest BCUT2D eigenvalue weighted by Gasteiger charge is 2.16. The number of benzene rings is 2. The van der Waals surface area contributed by atoms with Crippen LogP contribution in [0.15, 0.2) is 47.4 Å². The predicted octanol–water partition coefficient (Wildman–Crippen LogP) is 3.05.